The molecule has 144 valence electrons. The molecule has 0 fully saturated rings. The first kappa shape index (κ1) is 19.4. The largest absolute Gasteiger partial charge is 0.382 e. The molecule has 0 aliphatic heterocycles. The predicted octanol–water partition coefficient (Wildman–Crippen LogP) is 3.92. The summed E-state index contributed by atoms with van der Waals surface area (Å²) in [4.78, 5) is 26.9. The predicted molar refractivity (Wildman–Crippen MR) is 101 cm³/mol. The van der Waals surface area contributed by atoms with Gasteiger partial charge in [0, 0.05) is 25.4 Å². The molecule has 0 spiro atoms. The SMILES string of the molecule is O=C(NCCNc1ccc([N+](=O)[O-])c2cccnc12)c1cc(F)c(F)cc1Cl. The number of carbonyl (C=O) groups excluding carboxylic acids is 1. The maximum Gasteiger partial charge on any atom is 0.278 e. The van der Waals surface area contributed by atoms with Gasteiger partial charge in [-0.05, 0) is 30.3 Å². The van der Waals surface area contributed by atoms with E-state index in [1.54, 1.807) is 12.1 Å². The number of non-ortho nitro benzene ring substituents is 1. The fraction of sp³-hybridized carbons (Fsp3) is 0.111. The van der Waals surface area contributed by atoms with E-state index in [0.29, 0.717) is 16.6 Å². The van der Waals surface area contributed by atoms with Crippen molar-refractivity contribution >= 4 is 39.8 Å². The highest BCUT2D eigenvalue weighted by Crippen LogP contribution is 2.29. The Morgan fingerprint density at radius 2 is 1.93 bits per heavy atom. The summed E-state index contributed by atoms with van der Waals surface area (Å²) in [5.41, 5.74) is 0.742. The standard InChI is InChI=1S/C18H13ClF2N4O3/c19-12-9-14(21)13(20)8-11(12)18(26)24-7-6-22-15-3-4-16(25(27)28)10-2-1-5-23-17(10)15/h1-5,8-9,22H,6-7H2,(H,24,26). The molecule has 10 heteroatoms. The van der Waals surface area contributed by atoms with Crippen LogP contribution in [0.4, 0.5) is 20.2 Å². The minimum Gasteiger partial charge on any atom is -0.382 e. The number of nitro benzene ring substituents is 1. The molecule has 1 heterocycles. The number of halogens is 3. The maximum atomic E-state index is 13.3. The molecule has 0 radical (unpaired) electrons. The number of rotatable bonds is 6. The van der Waals surface area contributed by atoms with Crippen LogP contribution in [0.25, 0.3) is 10.9 Å². The number of anilines is 1. The second-order valence-corrected chi connectivity index (χ2v) is 6.12. The van der Waals surface area contributed by atoms with Crippen molar-refractivity contribution in [3.05, 3.63) is 74.9 Å². The molecule has 3 aromatic rings. The van der Waals surface area contributed by atoms with Gasteiger partial charge in [-0.15, -0.1) is 0 Å². The highest BCUT2D eigenvalue weighted by atomic mass is 35.5. The van der Waals surface area contributed by atoms with Crippen LogP contribution < -0.4 is 10.6 Å². The molecule has 0 atom stereocenters. The van der Waals surface area contributed by atoms with E-state index in [0.717, 1.165) is 12.1 Å². The molecule has 1 amide bonds. The van der Waals surface area contributed by atoms with Gasteiger partial charge in [0.05, 0.1) is 26.6 Å². The monoisotopic (exact) mass is 406 g/mol. The molecular weight excluding hydrogens is 394 g/mol. The Balaban J connectivity index is 1.66. The second kappa shape index (κ2) is 8.13. The molecule has 0 aliphatic carbocycles. The van der Waals surface area contributed by atoms with Gasteiger partial charge in [-0.3, -0.25) is 19.9 Å². The number of nitro groups is 1. The highest BCUT2D eigenvalue weighted by Gasteiger charge is 2.16. The number of carbonyl (C=O) groups is 1. The number of hydrogen-bond donors (Lipinski definition) is 2. The Hall–Kier alpha value is -3.33. The fourth-order valence-corrected chi connectivity index (χ4v) is 2.86. The summed E-state index contributed by atoms with van der Waals surface area (Å²) in [6.07, 6.45) is 1.52. The molecule has 0 aliphatic rings. The highest BCUT2D eigenvalue weighted by molar-refractivity contribution is 6.33. The van der Waals surface area contributed by atoms with E-state index in [1.807, 2.05) is 0 Å². The van der Waals surface area contributed by atoms with Crippen LogP contribution in [0.2, 0.25) is 5.02 Å². The van der Waals surface area contributed by atoms with Gasteiger partial charge >= 0.3 is 0 Å². The van der Waals surface area contributed by atoms with E-state index in [2.05, 4.69) is 15.6 Å². The van der Waals surface area contributed by atoms with Crippen molar-refractivity contribution < 1.29 is 18.5 Å². The zero-order valence-electron chi connectivity index (χ0n) is 14.2. The van der Waals surface area contributed by atoms with Crippen molar-refractivity contribution in [3.8, 4) is 0 Å². The van der Waals surface area contributed by atoms with Gasteiger partial charge in [-0.25, -0.2) is 8.78 Å². The second-order valence-electron chi connectivity index (χ2n) is 5.72. The lowest BCUT2D eigenvalue weighted by atomic mass is 10.1. The number of nitrogens with zero attached hydrogens (tertiary/aromatic N) is 2. The first-order valence-corrected chi connectivity index (χ1v) is 8.45. The van der Waals surface area contributed by atoms with Gasteiger partial charge < -0.3 is 10.6 Å². The summed E-state index contributed by atoms with van der Waals surface area (Å²) in [6, 6.07) is 7.56. The van der Waals surface area contributed by atoms with Crippen LogP contribution in [0, 0.1) is 21.7 Å². The number of hydrogen-bond acceptors (Lipinski definition) is 5. The van der Waals surface area contributed by atoms with E-state index >= 15 is 0 Å². The van der Waals surface area contributed by atoms with E-state index < -0.39 is 22.5 Å². The number of nitrogens with one attached hydrogen (secondary N) is 2. The lowest BCUT2D eigenvalue weighted by molar-refractivity contribution is -0.383. The van der Waals surface area contributed by atoms with Crippen LogP contribution >= 0.6 is 11.6 Å². The van der Waals surface area contributed by atoms with Crippen LogP contribution in [-0.4, -0.2) is 28.9 Å². The summed E-state index contributed by atoms with van der Waals surface area (Å²) in [7, 11) is 0. The van der Waals surface area contributed by atoms with Gasteiger partial charge in [0.15, 0.2) is 11.6 Å². The number of amides is 1. The lowest BCUT2D eigenvalue weighted by Gasteiger charge is -2.11. The van der Waals surface area contributed by atoms with Crippen LogP contribution in [0.1, 0.15) is 10.4 Å². The number of pyridine rings is 1. The van der Waals surface area contributed by atoms with Gasteiger partial charge in [-0.1, -0.05) is 11.6 Å². The van der Waals surface area contributed by atoms with Crippen molar-refractivity contribution in [1.29, 1.82) is 0 Å². The number of benzene rings is 2. The van der Waals surface area contributed by atoms with Crippen molar-refractivity contribution in [2.45, 2.75) is 0 Å². The van der Waals surface area contributed by atoms with Crippen LogP contribution in [0.5, 0.6) is 0 Å². The fourth-order valence-electron chi connectivity index (χ4n) is 2.62. The average molecular weight is 407 g/mol. The van der Waals surface area contributed by atoms with Crippen molar-refractivity contribution in [1.82, 2.24) is 10.3 Å². The van der Waals surface area contributed by atoms with Gasteiger partial charge in [0.2, 0.25) is 0 Å². The number of fused-ring (bicyclic) bond motifs is 1. The Bertz CT molecular complexity index is 1080. The molecule has 1 aromatic heterocycles. The van der Waals surface area contributed by atoms with Crippen molar-refractivity contribution in [3.63, 3.8) is 0 Å². The van der Waals surface area contributed by atoms with Crippen LogP contribution in [-0.2, 0) is 0 Å². The summed E-state index contributed by atoms with van der Waals surface area (Å²) in [5.74, 6) is -2.96. The minimum absolute atomic E-state index is 0.0602. The summed E-state index contributed by atoms with van der Waals surface area (Å²) < 4.78 is 26.4. The average Bonchev–Trinajstić information content (AvgIpc) is 2.67. The molecule has 0 bridgehead atoms. The molecule has 0 saturated carbocycles. The Labute approximate surface area is 162 Å². The minimum atomic E-state index is -1.17. The first-order valence-electron chi connectivity index (χ1n) is 8.07. The quantitative estimate of drug-likeness (QED) is 0.280. The summed E-state index contributed by atoms with van der Waals surface area (Å²) in [6.45, 7) is 0.399. The van der Waals surface area contributed by atoms with Gasteiger partial charge in [0.1, 0.15) is 5.52 Å². The third kappa shape index (κ3) is 3.99. The zero-order chi connectivity index (χ0) is 20.3. The molecule has 7 nitrogen and oxygen atoms in total. The third-order valence-corrected chi connectivity index (χ3v) is 4.24. The molecule has 2 aromatic carbocycles. The zero-order valence-corrected chi connectivity index (χ0v) is 15.0. The molecule has 3 rings (SSSR count). The van der Waals surface area contributed by atoms with Gasteiger partial charge in [-0.2, -0.15) is 0 Å². The smallest absolute Gasteiger partial charge is 0.278 e. The van der Waals surface area contributed by atoms with E-state index in [1.165, 1.54) is 18.3 Å². The van der Waals surface area contributed by atoms with E-state index in [4.69, 9.17) is 11.6 Å². The van der Waals surface area contributed by atoms with Crippen LogP contribution in [0.3, 0.4) is 0 Å². The summed E-state index contributed by atoms with van der Waals surface area (Å²) in [5, 5.41) is 16.9. The summed E-state index contributed by atoms with van der Waals surface area (Å²) >= 11 is 5.76. The Morgan fingerprint density at radius 3 is 2.68 bits per heavy atom. The normalized spacial score (nSPS) is 10.7. The topological polar surface area (TPSA) is 97.2 Å². The molecule has 0 unspecified atom stereocenters. The molecule has 28 heavy (non-hydrogen) atoms. The van der Waals surface area contributed by atoms with Gasteiger partial charge in [0.25, 0.3) is 11.6 Å². The Morgan fingerprint density at radius 1 is 1.18 bits per heavy atom. The maximum absolute atomic E-state index is 13.3. The molecule has 2 N–H and O–H groups in total. The van der Waals surface area contributed by atoms with Crippen molar-refractivity contribution in [2.24, 2.45) is 0 Å². The molecule has 0 saturated heterocycles. The Kier molecular flexibility index (Phi) is 5.65. The van der Waals surface area contributed by atoms with Crippen LogP contribution in [0.15, 0.2) is 42.6 Å². The van der Waals surface area contributed by atoms with E-state index in [-0.39, 0.29) is 29.4 Å². The molecular formula is C18H13ClF2N4O3. The van der Waals surface area contributed by atoms with Crippen molar-refractivity contribution in [2.75, 3.05) is 18.4 Å². The first-order chi connectivity index (χ1) is 13.4. The third-order valence-electron chi connectivity index (χ3n) is 3.92. The van der Waals surface area contributed by atoms with E-state index in [9.17, 15) is 23.7 Å². The number of aromatic nitrogens is 1. The lowest BCUT2D eigenvalue weighted by Crippen LogP contribution is -2.29.